The van der Waals surface area contributed by atoms with Crippen LogP contribution in [0.1, 0.15) is 40.5 Å². The molecule has 5 heteroatoms. The molecule has 1 aliphatic rings. The first kappa shape index (κ1) is 14.1. The maximum Gasteiger partial charge on any atom is 0.303 e. The van der Waals surface area contributed by atoms with Crippen LogP contribution in [0.15, 0.2) is 0 Å². The van der Waals surface area contributed by atoms with Crippen LogP contribution in [0.3, 0.4) is 0 Å². The summed E-state index contributed by atoms with van der Waals surface area (Å²) in [5.74, 6) is -0.751. The van der Waals surface area contributed by atoms with Gasteiger partial charge in [0, 0.05) is 6.92 Å². The number of rotatable bonds is 4. The topological polar surface area (TPSA) is 72.8 Å². The SMILES string of the molecule is CC(=O)OCC(=O)[C@]1(C)CC[C@H](C(C)(C)O)O1. The molecule has 1 saturated heterocycles. The molecule has 0 unspecified atom stereocenters. The molecule has 0 aromatic rings. The third-order valence-electron chi connectivity index (χ3n) is 3.07. The number of hydrogen-bond acceptors (Lipinski definition) is 5. The molecule has 0 spiro atoms. The number of ketones is 1. The Morgan fingerprint density at radius 1 is 1.53 bits per heavy atom. The Morgan fingerprint density at radius 3 is 2.53 bits per heavy atom. The van der Waals surface area contributed by atoms with Crippen LogP contribution in [0.2, 0.25) is 0 Å². The van der Waals surface area contributed by atoms with Crippen LogP contribution < -0.4 is 0 Å². The lowest BCUT2D eigenvalue weighted by molar-refractivity contribution is -0.161. The smallest absolute Gasteiger partial charge is 0.303 e. The van der Waals surface area contributed by atoms with E-state index in [9.17, 15) is 14.7 Å². The highest BCUT2D eigenvalue weighted by molar-refractivity contribution is 5.89. The van der Waals surface area contributed by atoms with E-state index in [4.69, 9.17) is 4.74 Å². The first-order valence-corrected chi connectivity index (χ1v) is 5.72. The minimum absolute atomic E-state index is 0.264. The quantitative estimate of drug-likeness (QED) is 0.741. The summed E-state index contributed by atoms with van der Waals surface area (Å²) in [4.78, 5) is 22.5. The van der Waals surface area contributed by atoms with Crippen molar-refractivity contribution in [3.63, 3.8) is 0 Å². The number of Topliss-reactive ketones (excluding diaryl/α,β-unsaturated/α-hetero) is 1. The van der Waals surface area contributed by atoms with Crippen LogP contribution in [0.25, 0.3) is 0 Å². The molecule has 0 saturated carbocycles. The standard InChI is InChI=1S/C12H20O5/c1-8(13)16-7-9(14)12(4)6-5-10(17-12)11(2,3)15/h10,15H,5-7H2,1-4H3/t10-,12+/m1/s1. The van der Waals surface area contributed by atoms with E-state index in [1.807, 2.05) is 0 Å². The van der Waals surface area contributed by atoms with Crippen molar-refractivity contribution >= 4 is 11.8 Å². The highest BCUT2D eigenvalue weighted by atomic mass is 16.6. The van der Waals surface area contributed by atoms with Gasteiger partial charge in [0.15, 0.2) is 6.61 Å². The van der Waals surface area contributed by atoms with Crippen LogP contribution in [-0.2, 0) is 19.1 Å². The van der Waals surface area contributed by atoms with Gasteiger partial charge < -0.3 is 14.6 Å². The van der Waals surface area contributed by atoms with Gasteiger partial charge in [-0.05, 0) is 33.6 Å². The zero-order valence-electron chi connectivity index (χ0n) is 10.8. The van der Waals surface area contributed by atoms with E-state index >= 15 is 0 Å². The minimum Gasteiger partial charge on any atom is -0.458 e. The predicted octanol–water partition coefficient (Wildman–Crippen LogP) is 0.827. The molecule has 1 aliphatic heterocycles. The Balaban J connectivity index is 2.60. The van der Waals surface area contributed by atoms with Gasteiger partial charge in [-0.15, -0.1) is 0 Å². The number of hydrogen-bond donors (Lipinski definition) is 1. The Hall–Kier alpha value is -0.940. The third kappa shape index (κ3) is 3.51. The van der Waals surface area contributed by atoms with Crippen molar-refractivity contribution in [3.8, 4) is 0 Å². The summed E-state index contributed by atoms with van der Waals surface area (Å²) in [6.07, 6.45) is 0.780. The largest absolute Gasteiger partial charge is 0.458 e. The van der Waals surface area contributed by atoms with Gasteiger partial charge in [0.1, 0.15) is 5.60 Å². The molecular weight excluding hydrogens is 224 g/mol. The second-order valence-electron chi connectivity index (χ2n) is 5.23. The van der Waals surface area contributed by atoms with Gasteiger partial charge in [0.05, 0.1) is 11.7 Å². The van der Waals surface area contributed by atoms with Crippen molar-refractivity contribution in [2.75, 3.05) is 6.61 Å². The molecular formula is C12H20O5. The van der Waals surface area contributed by atoms with Gasteiger partial charge in [0.2, 0.25) is 5.78 Å². The van der Waals surface area contributed by atoms with Crippen molar-refractivity contribution in [1.82, 2.24) is 0 Å². The van der Waals surface area contributed by atoms with E-state index in [0.29, 0.717) is 12.8 Å². The molecule has 0 radical (unpaired) electrons. The van der Waals surface area contributed by atoms with Crippen LogP contribution in [0, 0.1) is 0 Å². The first-order valence-electron chi connectivity index (χ1n) is 5.72. The Morgan fingerprint density at radius 2 is 2.12 bits per heavy atom. The maximum absolute atomic E-state index is 11.9. The van der Waals surface area contributed by atoms with Gasteiger partial charge in [0.25, 0.3) is 0 Å². The molecule has 0 aromatic carbocycles. The van der Waals surface area contributed by atoms with Gasteiger partial charge >= 0.3 is 5.97 Å². The second kappa shape index (κ2) is 4.74. The normalized spacial score (nSPS) is 29.1. The van der Waals surface area contributed by atoms with E-state index in [0.717, 1.165) is 0 Å². The molecule has 1 N–H and O–H groups in total. The van der Waals surface area contributed by atoms with Crippen molar-refractivity contribution in [1.29, 1.82) is 0 Å². The summed E-state index contributed by atoms with van der Waals surface area (Å²) in [6.45, 7) is 5.96. The summed E-state index contributed by atoms with van der Waals surface area (Å²) < 4.78 is 10.3. The predicted molar refractivity (Wildman–Crippen MR) is 60.4 cm³/mol. The van der Waals surface area contributed by atoms with E-state index in [-0.39, 0.29) is 18.5 Å². The first-order chi connectivity index (χ1) is 7.65. The zero-order valence-corrected chi connectivity index (χ0v) is 10.8. The summed E-state index contributed by atoms with van der Waals surface area (Å²) >= 11 is 0. The molecule has 2 atom stereocenters. The van der Waals surface area contributed by atoms with Crippen molar-refractivity contribution in [2.45, 2.75) is 57.8 Å². The van der Waals surface area contributed by atoms with Crippen LogP contribution in [0.5, 0.6) is 0 Å². The van der Waals surface area contributed by atoms with E-state index in [1.165, 1.54) is 6.92 Å². The van der Waals surface area contributed by atoms with Crippen LogP contribution in [-0.4, -0.2) is 40.8 Å². The Bertz CT molecular complexity index is 317. The Kier molecular flexibility index (Phi) is 3.94. The minimum atomic E-state index is -0.973. The fraction of sp³-hybridized carbons (Fsp3) is 0.833. The van der Waals surface area contributed by atoms with Crippen molar-refractivity contribution in [2.24, 2.45) is 0 Å². The monoisotopic (exact) mass is 244 g/mol. The van der Waals surface area contributed by atoms with Gasteiger partial charge in [-0.1, -0.05) is 0 Å². The molecule has 1 rings (SSSR count). The van der Waals surface area contributed by atoms with Crippen LogP contribution >= 0.6 is 0 Å². The second-order valence-corrected chi connectivity index (χ2v) is 5.23. The number of aliphatic hydroxyl groups is 1. The Labute approximate surface area is 101 Å². The van der Waals surface area contributed by atoms with E-state index < -0.39 is 17.2 Å². The number of carbonyl (C=O) groups excluding carboxylic acids is 2. The lowest BCUT2D eigenvalue weighted by Gasteiger charge is -2.29. The number of ether oxygens (including phenoxy) is 2. The average molecular weight is 244 g/mol. The average Bonchev–Trinajstić information content (AvgIpc) is 2.58. The fourth-order valence-corrected chi connectivity index (χ4v) is 1.86. The maximum atomic E-state index is 11.9. The zero-order chi connectivity index (χ0) is 13.3. The molecule has 0 amide bonds. The molecule has 0 aliphatic carbocycles. The van der Waals surface area contributed by atoms with Gasteiger partial charge in [-0.2, -0.15) is 0 Å². The summed E-state index contributed by atoms with van der Waals surface area (Å²) in [5, 5.41) is 9.83. The molecule has 0 bridgehead atoms. The summed E-state index contributed by atoms with van der Waals surface area (Å²) in [5.41, 5.74) is -1.93. The van der Waals surface area contributed by atoms with Crippen molar-refractivity contribution in [3.05, 3.63) is 0 Å². The van der Waals surface area contributed by atoms with Gasteiger partial charge in [-0.3, -0.25) is 9.59 Å². The third-order valence-corrected chi connectivity index (χ3v) is 3.07. The molecule has 98 valence electrons. The fourth-order valence-electron chi connectivity index (χ4n) is 1.86. The van der Waals surface area contributed by atoms with E-state index in [1.54, 1.807) is 20.8 Å². The number of carbonyl (C=O) groups is 2. The highest BCUT2D eigenvalue weighted by Crippen LogP contribution is 2.35. The summed E-state index contributed by atoms with van der Waals surface area (Å²) in [7, 11) is 0. The number of esters is 1. The molecule has 1 heterocycles. The van der Waals surface area contributed by atoms with Crippen molar-refractivity contribution < 1.29 is 24.2 Å². The molecule has 1 fully saturated rings. The lowest BCUT2D eigenvalue weighted by Crippen LogP contribution is -2.43. The van der Waals surface area contributed by atoms with Gasteiger partial charge in [-0.25, -0.2) is 0 Å². The lowest BCUT2D eigenvalue weighted by atomic mass is 9.95. The van der Waals surface area contributed by atoms with Crippen LogP contribution in [0.4, 0.5) is 0 Å². The molecule has 5 nitrogen and oxygen atoms in total. The summed E-state index contributed by atoms with van der Waals surface area (Å²) in [6, 6.07) is 0. The highest BCUT2D eigenvalue weighted by Gasteiger charge is 2.46. The molecule has 17 heavy (non-hydrogen) atoms. The van der Waals surface area contributed by atoms with E-state index in [2.05, 4.69) is 4.74 Å². The molecule has 0 aromatic heterocycles.